The fourth-order valence-electron chi connectivity index (χ4n) is 3.96. The Labute approximate surface area is 169 Å². The topological polar surface area (TPSA) is 50.2 Å². The van der Waals surface area contributed by atoms with E-state index in [1.54, 1.807) is 0 Å². The number of carbonyl (C=O) groups is 1. The highest BCUT2D eigenvalue weighted by Crippen LogP contribution is 2.42. The number of aryl methyl sites for hydroxylation is 1. The summed E-state index contributed by atoms with van der Waals surface area (Å²) >= 11 is 0. The summed E-state index contributed by atoms with van der Waals surface area (Å²) in [6.07, 6.45) is 0. The molecule has 1 atom stereocenters. The highest BCUT2D eigenvalue weighted by molar-refractivity contribution is 6.05. The van der Waals surface area contributed by atoms with Gasteiger partial charge in [0.2, 0.25) is 0 Å². The van der Waals surface area contributed by atoms with Gasteiger partial charge in [-0.3, -0.25) is 10.2 Å². The Morgan fingerprint density at radius 1 is 0.793 bits per heavy atom. The predicted molar refractivity (Wildman–Crippen MR) is 115 cm³/mol. The average Bonchev–Trinajstić information content (AvgIpc) is 3.10. The average molecular weight is 380 g/mol. The molecule has 142 valence electrons. The van der Waals surface area contributed by atoms with E-state index in [2.05, 4.69) is 17.4 Å². The van der Waals surface area contributed by atoms with Crippen LogP contribution in [0.2, 0.25) is 0 Å². The number of carbonyl (C=O) groups excluding carboxylic acids is 1. The van der Waals surface area contributed by atoms with E-state index in [1.165, 1.54) is 0 Å². The van der Waals surface area contributed by atoms with Crippen molar-refractivity contribution >= 4 is 17.5 Å². The zero-order chi connectivity index (χ0) is 19.8. The highest BCUT2D eigenvalue weighted by Gasteiger charge is 2.39. The van der Waals surface area contributed by atoms with Gasteiger partial charge in [0.1, 0.15) is 5.82 Å². The molecule has 0 fully saturated rings. The van der Waals surface area contributed by atoms with Crippen LogP contribution in [0.25, 0.3) is 5.69 Å². The summed E-state index contributed by atoms with van der Waals surface area (Å²) in [5, 5.41) is 7.86. The first-order valence-corrected chi connectivity index (χ1v) is 9.59. The number of benzene rings is 3. The van der Waals surface area contributed by atoms with Crippen LogP contribution in [-0.2, 0) is 0 Å². The minimum atomic E-state index is -0.264. The Bertz CT molecular complexity index is 1150. The van der Waals surface area contributed by atoms with Crippen molar-refractivity contribution in [3.63, 3.8) is 0 Å². The Morgan fingerprint density at radius 3 is 1.97 bits per heavy atom. The molecule has 5 nitrogen and oxygen atoms in total. The monoisotopic (exact) mass is 380 g/mol. The third kappa shape index (κ3) is 2.88. The molecule has 1 aromatic heterocycles. The predicted octanol–water partition coefficient (Wildman–Crippen LogP) is 5.32. The molecule has 0 aliphatic carbocycles. The van der Waals surface area contributed by atoms with Crippen molar-refractivity contribution < 1.29 is 4.79 Å². The van der Waals surface area contributed by atoms with Crippen molar-refractivity contribution in [1.29, 1.82) is 0 Å². The lowest BCUT2D eigenvalue weighted by molar-refractivity contribution is 0.254. The van der Waals surface area contributed by atoms with Gasteiger partial charge in [-0.25, -0.2) is 9.48 Å². The first kappa shape index (κ1) is 17.3. The Balaban J connectivity index is 1.75. The molecule has 4 aromatic rings. The molecule has 2 amide bonds. The number of hydrogen-bond acceptors (Lipinski definition) is 2. The van der Waals surface area contributed by atoms with Crippen LogP contribution in [0.1, 0.15) is 22.9 Å². The molecule has 29 heavy (non-hydrogen) atoms. The van der Waals surface area contributed by atoms with Crippen LogP contribution in [0.3, 0.4) is 0 Å². The van der Waals surface area contributed by atoms with Crippen LogP contribution < -0.4 is 10.2 Å². The molecule has 0 radical (unpaired) electrons. The van der Waals surface area contributed by atoms with Crippen LogP contribution in [-0.4, -0.2) is 15.8 Å². The van der Waals surface area contributed by atoms with Gasteiger partial charge in [0.25, 0.3) is 0 Å². The smallest absolute Gasteiger partial charge is 0.291 e. The Morgan fingerprint density at radius 2 is 1.34 bits per heavy atom. The van der Waals surface area contributed by atoms with Crippen molar-refractivity contribution in [1.82, 2.24) is 9.78 Å². The summed E-state index contributed by atoms with van der Waals surface area (Å²) in [7, 11) is 0. The second kappa shape index (κ2) is 6.95. The van der Waals surface area contributed by atoms with E-state index < -0.39 is 0 Å². The summed E-state index contributed by atoms with van der Waals surface area (Å²) in [6, 6.07) is 29.3. The Kier molecular flexibility index (Phi) is 4.13. The number of nitrogens with one attached hydrogen (secondary N) is 1. The maximum atomic E-state index is 13.3. The zero-order valence-electron chi connectivity index (χ0n) is 16.0. The van der Waals surface area contributed by atoms with Crippen molar-refractivity contribution in [2.75, 3.05) is 10.2 Å². The fraction of sp³-hybridized carbons (Fsp3) is 0.0833. The molecule has 1 unspecified atom stereocenters. The standard InChI is InChI=1S/C24H20N4O/c1-17-21-22(18-11-5-2-6-12-18)27(19-13-7-3-8-14-19)24(29)25-23(21)28(26-17)20-15-9-4-10-16-20/h2-16,22H,1H3,(H,25,29). The number of hydrogen-bond donors (Lipinski definition) is 1. The van der Waals surface area contributed by atoms with Gasteiger partial charge in [0.15, 0.2) is 0 Å². The molecule has 1 aliphatic heterocycles. The normalized spacial score (nSPS) is 15.7. The summed E-state index contributed by atoms with van der Waals surface area (Å²) in [4.78, 5) is 15.1. The van der Waals surface area contributed by atoms with Crippen molar-refractivity contribution in [2.45, 2.75) is 13.0 Å². The second-order valence-corrected chi connectivity index (χ2v) is 7.04. The molecule has 5 heteroatoms. The van der Waals surface area contributed by atoms with Gasteiger partial charge in [-0.15, -0.1) is 0 Å². The first-order valence-electron chi connectivity index (χ1n) is 9.59. The van der Waals surface area contributed by atoms with Gasteiger partial charge in [0, 0.05) is 11.3 Å². The number of nitrogens with zero attached hydrogens (tertiary/aromatic N) is 3. The summed E-state index contributed by atoms with van der Waals surface area (Å²) in [5.41, 5.74) is 4.69. The van der Waals surface area contributed by atoms with E-state index >= 15 is 0 Å². The van der Waals surface area contributed by atoms with Crippen LogP contribution in [0.5, 0.6) is 0 Å². The second-order valence-electron chi connectivity index (χ2n) is 7.04. The first-order chi connectivity index (χ1) is 14.2. The maximum absolute atomic E-state index is 13.3. The molecule has 0 spiro atoms. The van der Waals surface area contributed by atoms with Gasteiger partial charge >= 0.3 is 6.03 Å². The number of amides is 2. The van der Waals surface area contributed by atoms with E-state index in [4.69, 9.17) is 5.10 Å². The number of rotatable bonds is 3. The molecule has 0 saturated heterocycles. The largest absolute Gasteiger partial charge is 0.328 e. The van der Waals surface area contributed by atoms with Gasteiger partial charge in [-0.1, -0.05) is 66.7 Å². The lowest BCUT2D eigenvalue weighted by Crippen LogP contribution is -2.43. The van der Waals surface area contributed by atoms with Crippen LogP contribution in [0.4, 0.5) is 16.3 Å². The SMILES string of the molecule is Cc1nn(-c2ccccc2)c2c1C(c1ccccc1)N(c1ccccc1)C(=O)N2. The molecule has 3 aromatic carbocycles. The highest BCUT2D eigenvalue weighted by atomic mass is 16.2. The molecule has 0 saturated carbocycles. The number of fused-ring (bicyclic) bond motifs is 1. The van der Waals surface area contributed by atoms with Gasteiger partial charge in [-0.2, -0.15) is 5.10 Å². The minimum Gasteiger partial charge on any atom is -0.291 e. The molecule has 1 N–H and O–H groups in total. The lowest BCUT2D eigenvalue weighted by Gasteiger charge is -2.36. The number of anilines is 2. The van der Waals surface area contributed by atoms with Gasteiger partial charge in [0.05, 0.1) is 17.4 Å². The number of para-hydroxylation sites is 2. The number of urea groups is 1. The van der Waals surface area contributed by atoms with E-state index in [1.807, 2.05) is 95.4 Å². The molecule has 0 bridgehead atoms. The van der Waals surface area contributed by atoms with E-state index in [-0.39, 0.29) is 12.1 Å². The third-order valence-electron chi connectivity index (χ3n) is 5.23. The van der Waals surface area contributed by atoms with E-state index in [0.717, 1.165) is 34.0 Å². The summed E-state index contributed by atoms with van der Waals surface area (Å²) in [5.74, 6) is 0.722. The zero-order valence-corrected chi connectivity index (χ0v) is 16.0. The fourth-order valence-corrected chi connectivity index (χ4v) is 3.96. The van der Waals surface area contributed by atoms with Gasteiger partial charge < -0.3 is 0 Å². The van der Waals surface area contributed by atoms with Crippen LogP contribution in [0, 0.1) is 6.92 Å². The molecular weight excluding hydrogens is 360 g/mol. The maximum Gasteiger partial charge on any atom is 0.328 e. The van der Waals surface area contributed by atoms with Crippen LogP contribution >= 0.6 is 0 Å². The Hall–Kier alpha value is -3.86. The molecule has 5 rings (SSSR count). The summed E-state index contributed by atoms with van der Waals surface area (Å²) in [6.45, 7) is 1.99. The van der Waals surface area contributed by atoms with Crippen molar-refractivity contribution in [3.8, 4) is 5.69 Å². The van der Waals surface area contributed by atoms with Gasteiger partial charge in [-0.05, 0) is 36.8 Å². The van der Waals surface area contributed by atoms with E-state index in [0.29, 0.717) is 0 Å². The quantitative estimate of drug-likeness (QED) is 0.523. The van der Waals surface area contributed by atoms with Crippen molar-refractivity contribution in [2.24, 2.45) is 0 Å². The lowest BCUT2D eigenvalue weighted by atomic mass is 9.94. The minimum absolute atomic E-state index is 0.172. The molecule has 1 aliphatic rings. The number of aromatic nitrogens is 2. The summed E-state index contributed by atoms with van der Waals surface area (Å²) < 4.78 is 1.82. The van der Waals surface area contributed by atoms with Crippen LogP contribution in [0.15, 0.2) is 91.0 Å². The third-order valence-corrected chi connectivity index (χ3v) is 5.23. The van der Waals surface area contributed by atoms with Crippen molar-refractivity contribution in [3.05, 3.63) is 108 Å². The molecular formula is C24H20N4O. The molecule has 2 heterocycles. The van der Waals surface area contributed by atoms with E-state index in [9.17, 15) is 4.79 Å².